The molecule has 0 bridgehead atoms. The number of ether oxygens (including phenoxy) is 1. The van der Waals surface area contributed by atoms with Crippen molar-refractivity contribution in [3.05, 3.63) is 59.9 Å². The molecule has 0 saturated carbocycles. The third kappa shape index (κ3) is 6.32. The van der Waals surface area contributed by atoms with Crippen LogP contribution in [-0.4, -0.2) is 19.0 Å². The zero-order valence-corrected chi connectivity index (χ0v) is 15.4. The summed E-state index contributed by atoms with van der Waals surface area (Å²) in [6.07, 6.45) is 2.59. The number of hydrogen-bond acceptors (Lipinski definition) is 3. The fourth-order valence-corrected chi connectivity index (χ4v) is 2.98. The number of halogens is 2. The molecule has 0 aromatic heterocycles. The van der Waals surface area contributed by atoms with Crippen LogP contribution in [0.5, 0.6) is 5.75 Å². The Hall–Kier alpha value is -2.11. The number of hydrogen-bond donors (Lipinski definition) is 2. The normalized spacial score (nSPS) is 16.0. The van der Waals surface area contributed by atoms with Crippen LogP contribution in [0.2, 0.25) is 0 Å². The van der Waals surface area contributed by atoms with Crippen molar-refractivity contribution in [3.63, 3.8) is 0 Å². The summed E-state index contributed by atoms with van der Waals surface area (Å²) in [7, 11) is 0. The van der Waals surface area contributed by atoms with E-state index in [1.165, 1.54) is 12.1 Å². The van der Waals surface area contributed by atoms with E-state index < -0.39 is 0 Å². The lowest BCUT2D eigenvalue weighted by Crippen LogP contribution is -2.15. The summed E-state index contributed by atoms with van der Waals surface area (Å²) in [4.78, 5) is 12.1. The highest BCUT2D eigenvalue weighted by Crippen LogP contribution is 2.20. The van der Waals surface area contributed by atoms with Crippen LogP contribution in [0.3, 0.4) is 0 Å². The first-order valence-electron chi connectivity index (χ1n) is 8.67. The molecule has 0 spiro atoms. The third-order valence-corrected chi connectivity index (χ3v) is 4.35. The van der Waals surface area contributed by atoms with Gasteiger partial charge in [0.25, 0.3) is 0 Å². The molecule has 1 aliphatic heterocycles. The molecule has 6 heteroatoms. The van der Waals surface area contributed by atoms with E-state index in [4.69, 9.17) is 4.74 Å². The Balaban J connectivity index is 0.00000243. The van der Waals surface area contributed by atoms with Crippen LogP contribution >= 0.6 is 12.4 Å². The van der Waals surface area contributed by atoms with Gasteiger partial charge >= 0.3 is 0 Å². The van der Waals surface area contributed by atoms with Gasteiger partial charge in [-0.15, -0.1) is 12.4 Å². The second-order valence-corrected chi connectivity index (χ2v) is 6.39. The summed E-state index contributed by atoms with van der Waals surface area (Å²) in [5.74, 6) is 0.988. The Morgan fingerprint density at radius 3 is 2.85 bits per heavy atom. The summed E-state index contributed by atoms with van der Waals surface area (Å²) in [6, 6.07) is 13.6. The molecule has 0 radical (unpaired) electrons. The molecule has 1 heterocycles. The number of anilines is 1. The van der Waals surface area contributed by atoms with Gasteiger partial charge in [0.2, 0.25) is 5.91 Å². The molecule has 140 valence electrons. The topological polar surface area (TPSA) is 50.4 Å². The molecule has 2 aromatic rings. The molecule has 1 amide bonds. The minimum Gasteiger partial charge on any atom is -0.489 e. The Labute approximate surface area is 159 Å². The van der Waals surface area contributed by atoms with Gasteiger partial charge in [0.1, 0.15) is 18.2 Å². The number of carbonyl (C=O) groups excluding carboxylic acids is 1. The summed E-state index contributed by atoms with van der Waals surface area (Å²) in [5, 5.41) is 6.23. The van der Waals surface area contributed by atoms with Crippen LogP contribution in [0, 0.1) is 11.7 Å². The molecule has 1 atom stereocenters. The second-order valence-electron chi connectivity index (χ2n) is 6.39. The van der Waals surface area contributed by atoms with E-state index in [1.54, 1.807) is 12.1 Å². The van der Waals surface area contributed by atoms with E-state index in [1.807, 2.05) is 24.3 Å². The lowest BCUT2D eigenvalue weighted by atomic mass is 10.0. The molecule has 26 heavy (non-hydrogen) atoms. The first-order chi connectivity index (χ1) is 12.2. The van der Waals surface area contributed by atoms with Crippen molar-refractivity contribution in [2.24, 2.45) is 5.92 Å². The van der Waals surface area contributed by atoms with Crippen molar-refractivity contribution in [2.45, 2.75) is 25.9 Å². The molecule has 1 saturated heterocycles. The Morgan fingerprint density at radius 2 is 2.08 bits per heavy atom. The van der Waals surface area contributed by atoms with Gasteiger partial charge in [-0.3, -0.25) is 4.79 Å². The van der Waals surface area contributed by atoms with E-state index >= 15 is 0 Å². The highest BCUT2D eigenvalue weighted by molar-refractivity contribution is 5.90. The molecular weight excluding hydrogens is 355 g/mol. The highest BCUT2D eigenvalue weighted by atomic mass is 35.5. The van der Waals surface area contributed by atoms with Crippen LogP contribution in [0.1, 0.15) is 24.8 Å². The van der Waals surface area contributed by atoms with E-state index in [9.17, 15) is 9.18 Å². The molecule has 1 unspecified atom stereocenters. The summed E-state index contributed by atoms with van der Waals surface area (Å²) in [6.45, 7) is 2.34. The molecule has 2 N–H and O–H groups in total. The molecular formula is C20H24ClFN2O2. The van der Waals surface area contributed by atoms with Gasteiger partial charge in [-0.05, 0) is 61.7 Å². The zero-order chi connectivity index (χ0) is 17.5. The minimum absolute atomic E-state index is 0. The molecule has 3 rings (SSSR count). The van der Waals surface area contributed by atoms with Crippen LogP contribution < -0.4 is 15.4 Å². The third-order valence-electron chi connectivity index (χ3n) is 4.35. The fraction of sp³-hybridized carbons (Fsp3) is 0.350. The number of amides is 1. The maximum Gasteiger partial charge on any atom is 0.224 e. The minimum atomic E-state index is -0.278. The van der Waals surface area contributed by atoms with Gasteiger partial charge in [-0.2, -0.15) is 0 Å². The summed E-state index contributed by atoms with van der Waals surface area (Å²) in [5.41, 5.74) is 1.48. The van der Waals surface area contributed by atoms with E-state index in [0.29, 0.717) is 23.8 Å². The number of benzene rings is 2. The Bertz CT molecular complexity index is 720. The van der Waals surface area contributed by atoms with Gasteiger partial charge in [0.05, 0.1) is 0 Å². The molecule has 0 aliphatic carbocycles. The van der Waals surface area contributed by atoms with Gasteiger partial charge in [-0.1, -0.05) is 18.2 Å². The molecule has 1 aliphatic rings. The average Bonchev–Trinajstić information content (AvgIpc) is 3.12. The molecule has 4 nitrogen and oxygen atoms in total. The smallest absolute Gasteiger partial charge is 0.224 e. The van der Waals surface area contributed by atoms with Crippen LogP contribution in [0.15, 0.2) is 48.5 Å². The van der Waals surface area contributed by atoms with Gasteiger partial charge in [-0.25, -0.2) is 4.39 Å². The SMILES string of the molecule is Cl.O=C(CCC1CCNC1)Nc1cccc(OCc2cccc(F)c2)c1. The molecule has 1 fully saturated rings. The summed E-state index contributed by atoms with van der Waals surface area (Å²) < 4.78 is 18.9. The fourth-order valence-electron chi connectivity index (χ4n) is 2.98. The lowest BCUT2D eigenvalue weighted by Gasteiger charge is -2.11. The zero-order valence-electron chi connectivity index (χ0n) is 14.5. The van der Waals surface area contributed by atoms with Crippen molar-refractivity contribution in [3.8, 4) is 5.75 Å². The first-order valence-corrected chi connectivity index (χ1v) is 8.67. The number of nitrogens with one attached hydrogen (secondary N) is 2. The van der Waals surface area contributed by atoms with E-state index in [0.717, 1.165) is 31.5 Å². The lowest BCUT2D eigenvalue weighted by molar-refractivity contribution is -0.116. The van der Waals surface area contributed by atoms with E-state index in [2.05, 4.69) is 10.6 Å². The van der Waals surface area contributed by atoms with Crippen LogP contribution in [0.4, 0.5) is 10.1 Å². The summed E-state index contributed by atoms with van der Waals surface area (Å²) >= 11 is 0. The van der Waals surface area contributed by atoms with Crippen molar-refractivity contribution in [1.29, 1.82) is 0 Å². The highest BCUT2D eigenvalue weighted by Gasteiger charge is 2.15. The number of carbonyl (C=O) groups is 1. The van der Waals surface area contributed by atoms with Crippen molar-refractivity contribution < 1.29 is 13.9 Å². The van der Waals surface area contributed by atoms with Gasteiger partial charge < -0.3 is 15.4 Å². The van der Waals surface area contributed by atoms with Gasteiger partial charge in [0, 0.05) is 18.2 Å². The maximum absolute atomic E-state index is 13.2. The van der Waals surface area contributed by atoms with Crippen molar-refractivity contribution in [2.75, 3.05) is 18.4 Å². The number of rotatable bonds is 7. The van der Waals surface area contributed by atoms with Gasteiger partial charge in [0.15, 0.2) is 0 Å². The van der Waals surface area contributed by atoms with Crippen molar-refractivity contribution >= 4 is 24.0 Å². The first kappa shape index (κ1) is 20.2. The maximum atomic E-state index is 13.2. The second kappa shape index (κ2) is 10.1. The average molecular weight is 379 g/mol. The predicted molar refractivity (Wildman–Crippen MR) is 103 cm³/mol. The Kier molecular flexibility index (Phi) is 7.88. The van der Waals surface area contributed by atoms with E-state index in [-0.39, 0.29) is 30.7 Å². The largest absolute Gasteiger partial charge is 0.489 e. The standard InChI is InChI=1S/C20H23FN2O2.ClH/c21-17-4-1-3-16(11-17)14-25-19-6-2-5-18(12-19)23-20(24)8-7-15-9-10-22-13-15;/h1-6,11-12,15,22H,7-10,13-14H2,(H,23,24);1H. The predicted octanol–water partition coefficient (Wildman–Crippen LogP) is 4.15. The molecule has 2 aromatic carbocycles. The van der Waals surface area contributed by atoms with Crippen molar-refractivity contribution in [1.82, 2.24) is 5.32 Å². The Morgan fingerprint density at radius 1 is 1.23 bits per heavy atom. The van der Waals surface area contributed by atoms with Crippen LogP contribution in [-0.2, 0) is 11.4 Å². The quantitative estimate of drug-likeness (QED) is 0.760. The monoisotopic (exact) mass is 378 g/mol. The van der Waals surface area contributed by atoms with Crippen LogP contribution in [0.25, 0.3) is 0 Å².